The standard InChI is InChI=1S/C15H22BrN3OS/c16-13-7-12(9-18-10-13)14(19-17)11-1-4-20-15(8-11)2-5-21-6-3-15/h7,9-11,14,19H,1-6,8,17H2. The lowest BCUT2D eigenvalue weighted by molar-refractivity contribution is -0.107. The molecule has 3 heterocycles. The Labute approximate surface area is 138 Å². The second kappa shape index (κ2) is 6.96. The van der Waals surface area contributed by atoms with Crippen molar-refractivity contribution >= 4 is 27.7 Å². The first-order valence-corrected chi connectivity index (χ1v) is 9.45. The second-order valence-corrected chi connectivity index (χ2v) is 8.12. The molecule has 1 aromatic heterocycles. The van der Waals surface area contributed by atoms with Crippen LogP contribution in [-0.4, -0.2) is 28.7 Å². The molecule has 0 aliphatic carbocycles. The number of rotatable bonds is 3. The molecule has 21 heavy (non-hydrogen) atoms. The van der Waals surface area contributed by atoms with E-state index in [-0.39, 0.29) is 11.6 Å². The predicted molar refractivity (Wildman–Crippen MR) is 90.0 cm³/mol. The van der Waals surface area contributed by atoms with E-state index in [4.69, 9.17) is 10.6 Å². The number of hydrogen-bond donors (Lipinski definition) is 2. The maximum atomic E-state index is 6.18. The van der Waals surface area contributed by atoms with E-state index >= 15 is 0 Å². The van der Waals surface area contributed by atoms with E-state index in [2.05, 4.69) is 32.4 Å². The van der Waals surface area contributed by atoms with Gasteiger partial charge in [-0.3, -0.25) is 16.3 Å². The van der Waals surface area contributed by atoms with E-state index in [1.54, 1.807) is 6.20 Å². The summed E-state index contributed by atoms with van der Waals surface area (Å²) in [6.45, 7) is 0.842. The van der Waals surface area contributed by atoms with Crippen LogP contribution in [0.25, 0.3) is 0 Å². The molecular formula is C15H22BrN3OS. The summed E-state index contributed by atoms with van der Waals surface area (Å²) in [5, 5.41) is 0. The van der Waals surface area contributed by atoms with Crippen LogP contribution in [0.15, 0.2) is 22.9 Å². The van der Waals surface area contributed by atoms with Crippen molar-refractivity contribution < 1.29 is 4.74 Å². The van der Waals surface area contributed by atoms with E-state index in [0.717, 1.165) is 29.5 Å². The number of aromatic nitrogens is 1. The highest BCUT2D eigenvalue weighted by Crippen LogP contribution is 2.43. The van der Waals surface area contributed by atoms with Gasteiger partial charge in [0.15, 0.2) is 0 Å². The Kier molecular flexibility index (Phi) is 5.22. The molecule has 116 valence electrons. The average molecular weight is 372 g/mol. The average Bonchev–Trinajstić information content (AvgIpc) is 2.49. The summed E-state index contributed by atoms with van der Waals surface area (Å²) in [5.41, 5.74) is 4.25. The number of hydrazine groups is 1. The molecule has 2 atom stereocenters. The van der Waals surface area contributed by atoms with Crippen LogP contribution in [0.2, 0.25) is 0 Å². The zero-order chi connectivity index (χ0) is 14.7. The quantitative estimate of drug-likeness (QED) is 0.631. The summed E-state index contributed by atoms with van der Waals surface area (Å²) in [6, 6.07) is 2.25. The molecule has 2 aliphatic heterocycles. The molecule has 3 rings (SSSR count). The zero-order valence-corrected chi connectivity index (χ0v) is 14.5. The van der Waals surface area contributed by atoms with Gasteiger partial charge in [-0.25, -0.2) is 0 Å². The Hall–Kier alpha value is -0.140. The number of nitrogens with two attached hydrogens (primary N) is 1. The summed E-state index contributed by atoms with van der Waals surface area (Å²) in [5.74, 6) is 8.80. The van der Waals surface area contributed by atoms with Gasteiger partial charge < -0.3 is 4.74 Å². The third-order valence-electron chi connectivity index (χ3n) is 4.67. The minimum Gasteiger partial charge on any atom is -0.375 e. The van der Waals surface area contributed by atoms with E-state index < -0.39 is 0 Å². The SMILES string of the molecule is NNC(c1cncc(Br)c1)C1CCOC2(CCSCC2)C1. The van der Waals surface area contributed by atoms with Gasteiger partial charge in [0.25, 0.3) is 0 Å². The number of nitrogens with one attached hydrogen (secondary N) is 1. The molecule has 2 unspecified atom stereocenters. The van der Waals surface area contributed by atoms with Gasteiger partial charge in [0, 0.05) is 23.5 Å². The lowest BCUT2D eigenvalue weighted by Crippen LogP contribution is -2.46. The lowest BCUT2D eigenvalue weighted by Gasteiger charge is -2.45. The molecular weight excluding hydrogens is 350 g/mol. The van der Waals surface area contributed by atoms with Crippen LogP contribution < -0.4 is 11.3 Å². The molecule has 6 heteroatoms. The van der Waals surface area contributed by atoms with Gasteiger partial charge in [0.05, 0.1) is 11.6 Å². The summed E-state index contributed by atoms with van der Waals surface area (Å²) in [4.78, 5) is 4.27. The van der Waals surface area contributed by atoms with Crippen molar-refractivity contribution in [2.24, 2.45) is 11.8 Å². The van der Waals surface area contributed by atoms with Gasteiger partial charge in [0.2, 0.25) is 0 Å². The van der Waals surface area contributed by atoms with Gasteiger partial charge in [-0.15, -0.1) is 0 Å². The van der Waals surface area contributed by atoms with Gasteiger partial charge in [-0.2, -0.15) is 11.8 Å². The highest BCUT2D eigenvalue weighted by atomic mass is 79.9. The number of thioether (sulfide) groups is 1. The van der Waals surface area contributed by atoms with Gasteiger partial charge >= 0.3 is 0 Å². The molecule has 2 saturated heterocycles. The number of ether oxygens (including phenoxy) is 1. The predicted octanol–water partition coefficient (Wildman–Crippen LogP) is 3.04. The van der Waals surface area contributed by atoms with Crippen LogP contribution in [0.1, 0.15) is 37.3 Å². The molecule has 0 bridgehead atoms. The van der Waals surface area contributed by atoms with Crippen molar-refractivity contribution in [1.29, 1.82) is 0 Å². The third-order valence-corrected chi connectivity index (χ3v) is 6.09. The molecule has 0 saturated carbocycles. The first-order valence-electron chi connectivity index (χ1n) is 7.51. The minimum absolute atomic E-state index is 0.0860. The fourth-order valence-electron chi connectivity index (χ4n) is 3.54. The highest BCUT2D eigenvalue weighted by Gasteiger charge is 2.41. The monoisotopic (exact) mass is 371 g/mol. The van der Waals surface area contributed by atoms with Gasteiger partial charge in [-0.1, -0.05) is 0 Å². The van der Waals surface area contributed by atoms with Crippen LogP contribution in [-0.2, 0) is 4.74 Å². The Morgan fingerprint density at radius 1 is 1.43 bits per heavy atom. The third kappa shape index (κ3) is 3.62. The normalized spacial score (nSPS) is 26.7. The molecule has 1 aromatic rings. The first-order chi connectivity index (χ1) is 10.2. The Bertz CT molecular complexity index is 476. The van der Waals surface area contributed by atoms with Crippen LogP contribution >= 0.6 is 27.7 Å². The highest BCUT2D eigenvalue weighted by molar-refractivity contribution is 9.10. The maximum Gasteiger partial charge on any atom is 0.0701 e. The molecule has 0 aromatic carbocycles. The Balaban J connectivity index is 1.77. The van der Waals surface area contributed by atoms with Crippen molar-refractivity contribution in [2.75, 3.05) is 18.1 Å². The van der Waals surface area contributed by atoms with E-state index in [1.165, 1.54) is 24.3 Å². The Morgan fingerprint density at radius 2 is 2.24 bits per heavy atom. The van der Waals surface area contributed by atoms with Crippen molar-refractivity contribution in [3.8, 4) is 0 Å². The van der Waals surface area contributed by atoms with Crippen molar-refractivity contribution in [3.05, 3.63) is 28.5 Å². The maximum absolute atomic E-state index is 6.18. The Morgan fingerprint density at radius 3 is 2.95 bits per heavy atom. The van der Waals surface area contributed by atoms with Crippen molar-refractivity contribution in [3.63, 3.8) is 0 Å². The van der Waals surface area contributed by atoms with Crippen LogP contribution in [0.5, 0.6) is 0 Å². The number of pyridine rings is 1. The van der Waals surface area contributed by atoms with Crippen molar-refractivity contribution in [2.45, 2.75) is 37.3 Å². The molecule has 0 radical (unpaired) electrons. The fourth-order valence-corrected chi connectivity index (χ4v) is 5.16. The lowest BCUT2D eigenvalue weighted by atomic mass is 9.77. The summed E-state index contributed by atoms with van der Waals surface area (Å²) >= 11 is 5.53. The number of halogens is 1. The van der Waals surface area contributed by atoms with Gasteiger partial charge in [0.1, 0.15) is 0 Å². The zero-order valence-electron chi connectivity index (χ0n) is 12.1. The van der Waals surface area contributed by atoms with Crippen LogP contribution in [0.4, 0.5) is 0 Å². The summed E-state index contributed by atoms with van der Waals surface area (Å²) in [7, 11) is 0. The second-order valence-electron chi connectivity index (χ2n) is 5.98. The van der Waals surface area contributed by atoms with Crippen molar-refractivity contribution in [1.82, 2.24) is 10.4 Å². The van der Waals surface area contributed by atoms with Crippen LogP contribution in [0, 0.1) is 5.92 Å². The minimum atomic E-state index is 0.0860. The van der Waals surface area contributed by atoms with E-state index in [1.807, 2.05) is 18.0 Å². The molecule has 2 fully saturated rings. The van der Waals surface area contributed by atoms with Gasteiger partial charge in [-0.05, 0) is 70.7 Å². The van der Waals surface area contributed by atoms with E-state index in [9.17, 15) is 0 Å². The van der Waals surface area contributed by atoms with Crippen LogP contribution in [0.3, 0.4) is 0 Å². The van der Waals surface area contributed by atoms with E-state index in [0.29, 0.717) is 5.92 Å². The topological polar surface area (TPSA) is 60.2 Å². The smallest absolute Gasteiger partial charge is 0.0701 e. The molecule has 1 spiro atoms. The molecule has 4 nitrogen and oxygen atoms in total. The molecule has 2 aliphatic rings. The number of hydrogen-bond acceptors (Lipinski definition) is 5. The summed E-state index contributed by atoms with van der Waals surface area (Å²) < 4.78 is 7.18. The number of nitrogens with zero attached hydrogens (tertiary/aromatic N) is 1. The summed E-state index contributed by atoms with van der Waals surface area (Å²) in [6.07, 6.45) is 8.20. The molecule has 0 amide bonds. The first kappa shape index (κ1) is 15.7. The largest absolute Gasteiger partial charge is 0.375 e. The fraction of sp³-hybridized carbons (Fsp3) is 0.667. The molecule has 3 N–H and O–H groups in total.